The average Bonchev–Trinajstić information content (AvgIpc) is 2.41. The Labute approximate surface area is 122 Å². The second kappa shape index (κ2) is 6.53. The highest BCUT2D eigenvalue weighted by Crippen LogP contribution is 2.27. The van der Waals surface area contributed by atoms with Crippen molar-refractivity contribution in [3.63, 3.8) is 0 Å². The highest BCUT2D eigenvalue weighted by molar-refractivity contribution is 6.21. The van der Waals surface area contributed by atoms with Gasteiger partial charge in [0.1, 0.15) is 5.82 Å². The van der Waals surface area contributed by atoms with Gasteiger partial charge in [0.05, 0.1) is 11.8 Å². The number of carbonyl (C=O) groups excluding carboxylic acids is 1. The summed E-state index contributed by atoms with van der Waals surface area (Å²) in [5.41, 5.74) is 1.88. The van der Waals surface area contributed by atoms with Crippen molar-refractivity contribution < 1.29 is 9.18 Å². The zero-order valence-electron chi connectivity index (χ0n) is 11.1. The van der Waals surface area contributed by atoms with Crippen LogP contribution in [0, 0.1) is 5.82 Å². The van der Waals surface area contributed by atoms with E-state index in [4.69, 9.17) is 11.6 Å². The molecule has 2 aromatic carbocycles. The fraction of sp³-hybridized carbons (Fsp3) is 0.188. The Morgan fingerprint density at radius 2 is 1.85 bits per heavy atom. The van der Waals surface area contributed by atoms with Crippen LogP contribution in [0.1, 0.15) is 23.4 Å². The van der Waals surface area contributed by atoms with Crippen molar-refractivity contribution in [3.05, 3.63) is 65.5 Å². The van der Waals surface area contributed by atoms with Gasteiger partial charge in [0.2, 0.25) is 5.91 Å². The molecule has 0 saturated carbocycles. The molecule has 0 fully saturated rings. The molecule has 1 atom stereocenters. The Balaban J connectivity index is 2.11. The first-order valence-electron chi connectivity index (χ1n) is 6.34. The summed E-state index contributed by atoms with van der Waals surface area (Å²) in [6, 6.07) is 13.6. The number of amides is 1. The average molecular weight is 292 g/mol. The molecule has 0 aliphatic rings. The lowest BCUT2D eigenvalue weighted by Crippen LogP contribution is -2.16. The van der Waals surface area contributed by atoms with Gasteiger partial charge in [-0.15, -0.1) is 11.6 Å². The van der Waals surface area contributed by atoms with E-state index in [2.05, 4.69) is 5.32 Å². The summed E-state index contributed by atoms with van der Waals surface area (Å²) in [6.07, 6.45) is -0.00231. The van der Waals surface area contributed by atoms with Crippen LogP contribution < -0.4 is 5.32 Å². The Hall–Kier alpha value is -1.87. The van der Waals surface area contributed by atoms with E-state index in [-0.39, 0.29) is 23.5 Å². The Morgan fingerprint density at radius 3 is 2.55 bits per heavy atom. The summed E-state index contributed by atoms with van der Waals surface area (Å²) in [5.74, 6) is -0.637. The van der Waals surface area contributed by atoms with Crippen molar-refractivity contribution in [2.75, 3.05) is 5.32 Å². The number of hydrogen-bond acceptors (Lipinski definition) is 1. The van der Waals surface area contributed by atoms with Gasteiger partial charge in [-0.05, 0) is 30.2 Å². The highest BCUT2D eigenvalue weighted by atomic mass is 35.5. The minimum atomic E-state index is -0.373. The van der Waals surface area contributed by atoms with Crippen LogP contribution in [0.5, 0.6) is 0 Å². The van der Waals surface area contributed by atoms with Crippen LogP contribution in [0.2, 0.25) is 0 Å². The molecule has 0 aliphatic heterocycles. The molecule has 4 heteroatoms. The summed E-state index contributed by atoms with van der Waals surface area (Å²) >= 11 is 6.07. The van der Waals surface area contributed by atoms with Gasteiger partial charge >= 0.3 is 0 Å². The lowest BCUT2D eigenvalue weighted by molar-refractivity contribution is -0.115. The minimum Gasteiger partial charge on any atom is -0.325 e. The molecule has 1 unspecified atom stereocenters. The van der Waals surface area contributed by atoms with E-state index in [1.165, 1.54) is 6.07 Å². The SMILES string of the molecule is CC(Cl)c1ccccc1NC(=O)Cc1ccccc1F. The normalized spacial score (nSPS) is 11.9. The van der Waals surface area contributed by atoms with Gasteiger partial charge in [-0.3, -0.25) is 4.79 Å². The summed E-state index contributed by atoms with van der Waals surface area (Å²) in [7, 11) is 0. The van der Waals surface area contributed by atoms with E-state index in [0.717, 1.165) is 5.56 Å². The summed E-state index contributed by atoms with van der Waals surface area (Å²) in [5, 5.41) is 2.57. The molecule has 2 aromatic rings. The van der Waals surface area contributed by atoms with E-state index < -0.39 is 0 Å². The molecule has 2 nitrogen and oxygen atoms in total. The van der Waals surface area contributed by atoms with Crippen LogP contribution in [0.4, 0.5) is 10.1 Å². The molecular weight excluding hydrogens is 277 g/mol. The third kappa shape index (κ3) is 3.58. The number of rotatable bonds is 4. The smallest absolute Gasteiger partial charge is 0.228 e. The molecule has 104 valence electrons. The molecule has 2 rings (SSSR count). The number of nitrogens with one attached hydrogen (secondary N) is 1. The number of benzene rings is 2. The first-order chi connectivity index (χ1) is 9.58. The van der Waals surface area contributed by atoms with E-state index in [1.807, 2.05) is 25.1 Å². The number of anilines is 1. The first-order valence-corrected chi connectivity index (χ1v) is 6.78. The molecule has 0 radical (unpaired) electrons. The molecule has 0 saturated heterocycles. The van der Waals surface area contributed by atoms with Gasteiger partial charge in [-0.1, -0.05) is 36.4 Å². The maximum Gasteiger partial charge on any atom is 0.228 e. The monoisotopic (exact) mass is 291 g/mol. The fourth-order valence-electron chi connectivity index (χ4n) is 1.97. The van der Waals surface area contributed by atoms with Gasteiger partial charge < -0.3 is 5.32 Å². The Morgan fingerprint density at radius 1 is 1.20 bits per heavy atom. The lowest BCUT2D eigenvalue weighted by Gasteiger charge is -2.12. The molecular formula is C16H15ClFNO. The number of para-hydroxylation sites is 1. The molecule has 20 heavy (non-hydrogen) atoms. The summed E-state index contributed by atoms with van der Waals surface area (Å²) in [4.78, 5) is 12.0. The number of carbonyl (C=O) groups is 1. The van der Waals surface area contributed by atoms with Crippen molar-refractivity contribution >= 4 is 23.2 Å². The van der Waals surface area contributed by atoms with Crippen LogP contribution in [-0.2, 0) is 11.2 Å². The Bertz CT molecular complexity index is 613. The molecule has 0 spiro atoms. The standard InChI is InChI=1S/C16H15ClFNO/c1-11(17)13-7-3-5-9-15(13)19-16(20)10-12-6-2-4-8-14(12)18/h2-9,11H,10H2,1H3,(H,19,20). The van der Waals surface area contributed by atoms with E-state index >= 15 is 0 Å². The zero-order chi connectivity index (χ0) is 14.5. The molecule has 1 amide bonds. The highest BCUT2D eigenvalue weighted by Gasteiger charge is 2.12. The van der Waals surface area contributed by atoms with Crippen molar-refractivity contribution in [3.8, 4) is 0 Å². The molecule has 0 aliphatic carbocycles. The van der Waals surface area contributed by atoms with Crippen molar-refractivity contribution in [1.82, 2.24) is 0 Å². The second-order valence-corrected chi connectivity index (χ2v) is 5.17. The zero-order valence-corrected chi connectivity index (χ0v) is 11.8. The van der Waals surface area contributed by atoms with Crippen LogP contribution in [0.25, 0.3) is 0 Å². The Kier molecular flexibility index (Phi) is 4.74. The molecule has 0 bridgehead atoms. The maximum atomic E-state index is 13.5. The van der Waals surface area contributed by atoms with Gasteiger partial charge in [-0.25, -0.2) is 4.39 Å². The van der Waals surface area contributed by atoms with Gasteiger partial charge in [0.15, 0.2) is 0 Å². The number of halogens is 2. The topological polar surface area (TPSA) is 29.1 Å². The van der Waals surface area contributed by atoms with Gasteiger partial charge in [-0.2, -0.15) is 0 Å². The second-order valence-electron chi connectivity index (χ2n) is 4.52. The number of hydrogen-bond donors (Lipinski definition) is 1. The van der Waals surface area contributed by atoms with Gasteiger partial charge in [0, 0.05) is 5.69 Å². The van der Waals surface area contributed by atoms with Crippen molar-refractivity contribution in [2.45, 2.75) is 18.7 Å². The van der Waals surface area contributed by atoms with E-state index in [0.29, 0.717) is 11.3 Å². The van der Waals surface area contributed by atoms with Crippen LogP contribution in [0.3, 0.4) is 0 Å². The third-order valence-corrected chi connectivity index (χ3v) is 3.21. The van der Waals surface area contributed by atoms with Gasteiger partial charge in [0.25, 0.3) is 0 Å². The predicted molar refractivity (Wildman–Crippen MR) is 79.4 cm³/mol. The predicted octanol–water partition coefficient (Wildman–Crippen LogP) is 4.31. The van der Waals surface area contributed by atoms with Crippen molar-refractivity contribution in [1.29, 1.82) is 0 Å². The molecule has 1 N–H and O–H groups in total. The quantitative estimate of drug-likeness (QED) is 0.836. The molecule has 0 heterocycles. The maximum absolute atomic E-state index is 13.5. The largest absolute Gasteiger partial charge is 0.325 e. The third-order valence-electron chi connectivity index (χ3n) is 2.97. The lowest BCUT2D eigenvalue weighted by atomic mass is 10.1. The first kappa shape index (κ1) is 14.5. The molecule has 0 aromatic heterocycles. The van der Waals surface area contributed by atoms with E-state index in [9.17, 15) is 9.18 Å². The van der Waals surface area contributed by atoms with Crippen LogP contribution >= 0.6 is 11.6 Å². The fourth-order valence-corrected chi connectivity index (χ4v) is 2.16. The minimum absolute atomic E-state index is 0.00231. The number of alkyl halides is 1. The van der Waals surface area contributed by atoms with E-state index in [1.54, 1.807) is 24.3 Å². The van der Waals surface area contributed by atoms with Crippen LogP contribution in [-0.4, -0.2) is 5.91 Å². The summed E-state index contributed by atoms with van der Waals surface area (Å²) in [6.45, 7) is 1.84. The van der Waals surface area contributed by atoms with Crippen LogP contribution in [0.15, 0.2) is 48.5 Å². The summed E-state index contributed by atoms with van der Waals surface area (Å²) < 4.78 is 13.5. The van der Waals surface area contributed by atoms with Crippen molar-refractivity contribution in [2.24, 2.45) is 0 Å².